The first kappa shape index (κ1) is 23.5. The summed E-state index contributed by atoms with van der Waals surface area (Å²) in [6, 6.07) is 15.7. The maximum absolute atomic E-state index is 14.0. The number of benzene rings is 2. The molecule has 2 atom stereocenters. The van der Waals surface area contributed by atoms with Gasteiger partial charge in [-0.1, -0.05) is 69.7 Å². The Labute approximate surface area is 187 Å². The molecule has 3 rings (SSSR count). The van der Waals surface area contributed by atoms with Gasteiger partial charge in [-0.2, -0.15) is 0 Å². The van der Waals surface area contributed by atoms with Gasteiger partial charge in [-0.05, 0) is 42.0 Å². The van der Waals surface area contributed by atoms with Crippen molar-refractivity contribution in [3.8, 4) is 0 Å². The van der Waals surface area contributed by atoms with E-state index in [1.165, 1.54) is 17.2 Å². The van der Waals surface area contributed by atoms with E-state index in [1.807, 2.05) is 24.8 Å². The molecule has 1 heterocycles. The third-order valence-corrected chi connectivity index (χ3v) is 6.17. The molecule has 1 fully saturated rings. The number of nitrogens with zero attached hydrogens (tertiary/aromatic N) is 2. The molecule has 0 aromatic heterocycles. The van der Waals surface area contributed by atoms with Crippen molar-refractivity contribution < 1.29 is 9.18 Å². The third kappa shape index (κ3) is 6.39. The normalized spacial score (nSPS) is 19.4. The lowest BCUT2D eigenvalue weighted by atomic mass is 9.88. The average molecular weight is 425 g/mol. The van der Waals surface area contributed by atoms with Gasteiger partial charge < -0.3 is 4.90 Å². The van der Waals surface area contributed by atoms with Gasteiger partial charge in [0.15, 0.2) is 0 Å². The molecule has 2 aromatic carbocycles. The Morgan fingerprint density at radius 3 is 2.42 bits per heavy atom. The highest BCUT2D eigenvalue weighted by molar-refractivity contribution is 5.78. The van der Waals surface area contributed by atoms with Crippen molar-refractivity contribution in [2.24, 2.45) is 17.8 Å². The van der Waals surface area contributed by atoms with Crippen LogP contribution < -0.4 is 0 Å². The highest BCUT2D eigenvalue weighted by Gasteiger charge is 2.36. The number of carbonyl (C=O) groups excluding carboxylic acids is 1. The van der Waals surface area contributed by atoms with Crippen molar-refractivity contribution in [3.05, 3.63) is 71.0 Å². The minimum atomic E-state index is -0.189. The van der Waals surface area contributed by atoms with Crippen LogP contribution in [0.25, 0.3) is 0 Å². The lowest BCUT2D eigenvalue weighted by Gasteiger charge is -2.31. The van der Waals surface area contributed by atoms with E-state index >= 15 is 0 Å². The fourth-order valence-corrected chi connectivity index (χ4v) is 4.68. The predicted octanol–water partition coefficient (Wildman–Crippen LogP) is 5.49. The van der Waals surface area contributed by atoms with E-state index in [-0.39, 0.29) is 29.5 Å². The standard InChI is InChI=1S/C27H37FN2O/c1-19(2)14-30(27(31)20(3)4)17-24-16-29(15-22-11-9-21(5)10-12-22)18-26(24)23-7-6-8-25(28)13-23/h6-13,19-20,24,26H,14-18H2,1-5H3/t24-,26+/m1/s1. The van der Waals surface area contributed by atoms with Gasteiger partial charge in [0.25, 0.3) is 0 Å². The van der Waals surface area contributed by atoms with E-state index in [9.17, 15) is 9.18 Å². The number of hydrogen-bond acceptors (Lipinski definition) is 2. The molecular formula is C27H37FN2O. The van der Waals surface area contributed by atoms with E-state index < -0.39 is 0 Å². The quantitative estimate of drug-likeness (QED) is 0.559. The van der Waals surface area contributed by atoms with Gasteiger partial charge >= 0.3 is 0 Å². The van der Waals surface area contributed by atoms with Crippen LogP contribution in [0.4, 0.5) is 4.39 Å². The molecular weight excluding hydrogens is 387 g/mol. The van der Waals surface area contributed by atoms with Crippen molar-refractivity contribution >= 4 is 5.91 Å². The molecule has 1 aliphatic rings. The maximum Gasteiger partial charge on any atom is 0.225 e. The summed E-state index contributed by atoms with van der Waals surface area (Å²) >= 11 is 0. The summed E-state index contributed by atoms with van der Waals surface area (Å²) in [6.07, 6.45) is 0. The van der Waals surface area contributed by atoms with Gasteiger partial charge in [0, 0.05) is 44.6 Å². The number of halogens is 1. The summed E-state index contributed by atoms with van der Waals surface area (Å²) in [5, 5.41) is 0. The van der Waals surface area contributed by atoms with Crippen LogP contribution in [0.3, 0.4) is 0 Å². The van der Waals surface area contributed by atoms with Crippen LogP contribution >= 0.6 is 0 Å². The van der Waals surface area contributed by atoms with E-state index in [0.29, 0.717) is 5.92 Å². The highest BCUT2D eigenvalue weighted by atomic mass is 19.1. The van der Waals surface area contributed by atoms with Crippen molar-refractivity contribution in [1.29, 1.82) is 0 Å². The minimum absolute atomic E-state index is 0.0172. The molecule has 3 nitrogen and oxygen atoms in total. The van der Waals surface area contributed by atoms with Crippen LogP contribution in [0, 0.1) is 30.5 Å². The molecule has 1 amide bonds. The molecule has 4 heteroatoms. The Kier molecular flexibility index (Phi) is 7.88. The zero-order chi connectivity index (χ0) is 22.5. The van der Waals surface area contributed by atoms with Crippen LogP contribution in [0.5, 0.6) is 0 Å². The van der Waals surface area contributed by atoms with Crippen molar-refractivity contribution in [2.75, 3.05) is 26.2 Å². The first-order chi connectivity index (χ1) is 14.7. The Hall–Kier alpha value is -2.20. The van der Waals surface area contributed by atoms with Crippen LogP contribution in [0.1, 0.15) is 50.3 Å². The van der Waals surface area contributed by atoms with Crippen molar-refractivity contribution in [1.82, 2.24) is 9.80 Å². The van der Waals surface area contributed by atoms with Crippen molar-refractivity contribution in [3.63, 3.8) is 0 Å². The van der Waals surface area contributed by atoms with Crippen LogP contribution in [-0.2, 0) is 11.3 Å². The second-order valence-corrected chi connectivity index (χ2v) is 9.89. The van der Waals surface area contributed by atoms with Crippen LogP contribution in [0.2, 0.25) is 0 Å². The Morgan fingerprint density at radius 2 is 1.81 bits per heavy atom. The second kappa shape index (κ2) is 10.4. The topological polar surface area (TPSA) is 23.6 Å². The summed E-state index contributed by atoms with van der Waals surface area (Å²) in [5.41, 5.74) is 3.59. The molecule has 0 aliphatic carbocycles. The summed E-state index contributed by atoms with van der Waals surface area (Å²) in [7, 11) is 0. The summed E-state index contributed by atoms with van der Waals surface area (Å²) < 4.78 is 14.0. The molecule has 31 heavy (non-hydrogen) atoms. The van der Waals surface area contributed by atoms with E-state index in [4.69, 9.17) is 0 Å². The van der Waals surface area contributed by atoms with Crippen molar-refractivity contribution in [2.45, 2.75) is 47.1 Å². The SMILES string of the molecule is Cc1ccc(CN2C[C@H](CN(CC(C)C)C(=O)C(C)C)[C@H](c3cccc(F)c3)C2)cc1. The largest absolute Gasteiger partial charge is 0.342 e. The molecule has 168 valence electrons. The summed E-state index contributed by atoms with van der Waals surface area (Å²) in [4.78, 5) is 17.4. The fourth-order valence-electron chi connectivity index (χ4n) is 4.68. The van der Waals surface area contributed by atoms with Gasteiger partial charge in [0.05, 0.1) is 0 Å². The molecule has 1 saturated heterocycles. The lowest BCUT2D eigenvalue weighted by Crippen LogP contribution is -2.41. The fraction of sp³-hybridized carbons (Fsp3) is 0.519. The molecule has 0 N–H and O–H groups in total. The molecule has 1 aliphatic heterocycles. The Bertz CT molecular complexity index is 862. The number of aryl methyl sites for hydroxylation is 1. The number of amides is 1. The van der Waals surface area contributed by atoms with Gasteiger partial charge in [0.2, 0.25) is 5.91 Å². The monoisotopic (exact) mass is 424 g/mol. The predicted molar refractivity (Wildman–Crippen MR) is 125 cm³/mol. The van der Waals surface area contributed by atoms with Crippen LogP contribution in [-0.4, -0.2) is 41.9 Å². The lowest BCUT2D eigenvalue weighted by molar-refractivity contribution is -0.135. The summed E-state index contributed by atoms with van der Waals surface area (Å²) in [5.74, 6) is 0.926. The van der Waals surface area contributed by atoms with Gasteiger partial charge in [0.1, 0.15) is 5.82 Å². The Morgan fingerprint density at radius 1 is 1.10 bits per heavy atom. The first-order valence-corrected chi connectivity index (χ1v) is 11.5. The van der Waals surface area contributed by atoms with Gasteiger partial charge in [-0.25, -0.2) is 4.39 Å². The zero-order valence-electron chi connectivity index (χ0n) is 19.6. The molecule has 0 unspecified atom stereocenters. The highest BCUT2D eigenvalue weighted by Crippen LogP contribution is 2.35. The second-order valence-electron chi connectivity index (χ2n) is 9.89. The van der Waals surface area contributed by atoms with Gasteiger partial charge in [-0.15, -0.1) is 0 Å². The van der Waals surface area contributed by atoms with E-state index in [1.54, 1.807) is 12.1 Å². The molecule has 0 saturated carbocycles. The minimum Gasteiger partial charge on any atom is -0.342 e. The number of likely N-dealkylation sites (tertiary alicyclic amines) is 1. The Balaban J connectivity index is 1.82. The average Bonchev–Trinajstić information content (AvgIpc) is 3.10. The van der Waals surface area contributed by atoms with Gasteiger partial charge in [-0.3, -0.25) is 9.69 Å². The van der Waals surface area contributed by atoms with Crippen LogP contribution in [0.15, 0.2) is 48.5 Å². The third-order valence-electron chi connectivity index (χ3n) is 6.17. The smallest absolute Gasteiger partial charge is 0.225 e. The van der Waals surface area contributed by atoms with E-state index in [0.717, 1.165) is 38.3 Å². The molecule has 2 aromatic rings. The molecule has 0 radical (unpaired) electrons. The first-order valence-electron chi connectivity index (χ1n) is 11.5. The van der Waals surface area contributed by atoms with E-state index in [2.05, 4.69) is 49.9 Å². The zero-order valence-corrected chi connectivity index (χ0v) is 19.6. The molecule has 0 spiro atoms. The molecule has 0 bridgehead atoms. The number of carbonyl (C=O) groups is 1. The summed E-state index contributed by atoms with van der Waals surface area (Å²) in [6.45, 7) is 14.5. The number of rotatable bonds is 8. The maximum atomic E-state index is 14.0. The number of hydrogen-bond donors (Lipinski definition) is 0.